The number of nitrogens with zero attached hydrogens (tertiary/aromatic N) is 2. The lowest BCUT2D eigenvalue weighted by Gasteiger charge is -2.59. The Hall–Kier alpha value is -4.54. The molecule has 2 fully saturated rings. The number of methoxy groups -OCH3 is 2. The molecule has 2 amide bonds. The van der Waals surface area contributed by atoms with Gasteiger partial charge in [0.15, 0.2) is 0 Å². The zero-order chi connectivity index (χ0) is 43.4. The lowest BCUT2D eigenvalue weighted by molar-refractivity contribution is -0.254. The molecule has 0 aromatic heterocycles. The highest BCUT2D eigenvalue weighted by Crippen LogP contribution is 2.62. The summed E-state index contributed by atoms with van der Waals surface area (Å²) in [6.45, 7) is 4.75. The number of oxime groups is 1. The molecule has 3 N–H and O–H groups in total. The predicted octanol–water partition coefficient (Wildman–Crippen LogP) is 7.78. The molecule has 2 aromatic carbocycles. The molecule has 7 atom stereocenters. The van der Waals surface area contributed by atoms with Crippen LogP contribution in [0.5, 0.6) is 23.0 Å². The third-order valence-electron chi connectivity index (χ3n) is 12.0. The fraction of sp³-hybridized carbons (Fsp3) is 0.578. The quantitative estimate of drug-likeness (QED) is 0.0511. The van der Waals surface area contributed by atoms with Crippen LogP contribution in [-0.4, -0.2) is 111 Å². The molecule has 6 rings (SSSR count). The summed E-state index contributed by atoms with van der Waals surface area (Å²) in [5.74, 6) is -0.595. The van der Waals surface area contributed by atoms with Crippen molar-refractivity contribution >= 4 is 35.2 Å². The van der Waals surface area contributed by atoms with Gasteiger partial charge < -0.3 is 53.1 Å². The van der Waals surface area contributed by atoms with E-state index in [-0.39, 0.29) is 62.2 Å². The second-order valence-corrected chi connectivity index (χ2v) is 16.0. The zero-order valence-corrected chi connectivity index (χ0v) is 36.1. The van der Waals surface area contributed by atoms with E-state index in [2.05, 4.69) is 18.0 Å². The zero-order valence-electron chi connectivity index (χ0n) is 35.4. The summed E-state index contributed by atoms with van der Waals surface area (Å²) < 4.78 is 42.3. The number of hydrogen-bond acceptors (Lipinski definition) is 13. The summed E-state index contributed by atoms with van der Waals surface area (Å²) in [6, 6.07) is 9.50. The largest absolute Gasteiger partial charge is 0.497 e. The minimum atomic E-state index is -1.48. The van der Waals surface area contributed by atoms with Crippen molar-refractivity contribution in [1.29, 1.82) is 0 Å². The fourth-order valence-electron chi connectivity index (χ4n) is 9.21. The summed E-state index contributed by atoms with van der Waals surface area (Å²) in [7, 11) is 4.69. The van der Waals surface area contributed by atoms with Gasteiger partial charge in [0.1, 0.15) is 35.6 Å². The van der Waals surface area contributed by atoms with E-state index in [1.165, 1.54) is 12.0 Å². The lowest BCUT2D eigenvalue weighted by Crippen LogP contribution is -2.69. The Bertz CT molecular complexity index is 1870. The minimum absolute atomic E-state index is 0.000876. The number of carbonyl (C=O) groups is 2. The van der Waals surface area contributed by atoms with Gasteiger partial charge in [-0.15, -0.1) is 18.2 Å². The topological polar surface area (TPSA) is 176 Å². The van der Waals surface area contributed by atoms with Crippen molar-refractivity contribution in [3.05, 3.63) is 66.3 Å². The number of allylic oxidation sites excluding steroid dienone is 1. The van der Waals surface area contributed by atoms with E-state index in [1.54, 1.807) is 50.6 Å². The Kier molecular flexibility index (Phi) is 16.6. The van der Waals surface area contributed by atoms with Crippen molar-refractivity contribution < 1.29 is 57.8 Å². The van der Waals surface area contributed by atoms with Gasteiger partial charge >= 0.3 is 12.2 Å². The van der Waals surface area contributed by atoms with Crippen molar-refractivity contribution in [2.45, 2.75) is 88.2 Å². The maximum atomic E-state index is 13.8. The van der Waals surface area contributed by atoms with E-state index in [0.29, 0.717) is 54.5 Å². The minimum Gasteiger partial charge on any atom is -0.497 e. The highest BCUT2D eigenvalue weighted by atomic mass is 35.5. The predicted molar refractivity (Wildman–Crippen MR) is 229 cm³/mol. The van der Waals surface area contributed by atoms with Gasteiger partial charge in [-0.2, -0.15) is 0 Å². The van der Waals surface area contributed by atoms with E-state index in [4.69, 9.17) is 54.8 Å². The molecular weight excluding hydrogens is 810 g/mol. The number of aliphatic hydroxyl groups is 2. The molecule has 1 unspecified atom stereocenters. The number of ether oxygens (including phenoxy) is 7. The molecule has 2 aliphatic heterocycles. The van der Waals surface area contributed by atoms with Crippen LogP contribution in [0, 0.1) is 17.8 Å². The summed E-state index contributed by atoms with van der Waals surface area (Å²) in [5.41, 5.74) is 2.66. The molecule has 61 heavy (non-hydrogen) atoms. The number of nitrogens with one attached hydrogen (secondary N) is 1. The molecule has 334 valence electrons. The highest BCUT2D eigenvalue weighted by Gasteiger charge is 2.65. The first kappa shape index (κ1) is 46.0. The summed E-state index contributed by atoms with van der Waals surface area (Å²) in [4.78, 5) is 34.9. The molecule has 2 aromatic rings. The van der Waals surface area contributed by atoms with Crippen LogP contribution in [0.4, 0.5) is 15.3 Å². The average Bonchev–Trinajstić information content (AvgIpc) is 3.28. The maximum absolute atomic E-state index is 13.8. The Morgan fingerprint density at radius 3 is 2.54 bits per heavy atom. The first-order chi connectivity index (χ1) is 29.7. The molecule has 0 bridgehead atoms. The molecular formula is C45H60ClN3O12. The van der Waals surface area contributed by atoms with Crippen LogP contribution in [0.1, 0.15) is 75.7 Å². The van der Waals surface area contributed by atoms with Crippen molar-refractivity contribution in [2.24, 2.45) is 22.9 Å². The highest BCUT2D eigenvalue weighted by molar-refractivity contribution is 6.18. The first-order valence-corrected chi connectivity index (χ1v) is 21.8. The average molecular weight is 870 g/mol. The standard InChI is InChI=1S/C45H60ClN3O12/c1-5-22-58-45-39(49(2)44(53)57-24-19-46)28-36(48-61-40-14-8-11-23-56-40)33-25-29(12-6-9-20-50)32(13-7-10-21-51)41(42(33)45)34-26-31(16-18-37(34)60-45)59-43(52)47-35-17-15-30(54-3)27-38(35)55-4/h5,15-18,25-27,29,32,39-42,50-51H,1,6-14,19-24,28H2,2-4H3,(H,47,52)/t29-,32+,39-,40?,41+,42+,45+/m0/s1. The molecule has 2 aliphatic carbocycles. The summed E-state index contributed by atoms with van der Waals surface area (Å²) in [6.07, 6.45) is 9.05. The number of anilines is 1. The van der Waals surface area contributed by atoms with Gasteiger partial charge in [-0.25, -0.2) is 9.59 Å². The second kappa shape index (κ2) is 22.0. The SMILES string of the molecule is C=CCO[C@@]12Oc3ccc(OC(=O)Nc4ccc(OC)cc4OC)cc3[C@H]3[C@H](CCCCO)[C@@H](CCCCO)C=C(C(=NOC4CCCCO4)C[C@@H]1N(C)C(=O)OCCCl)[C@H]32. The Morgan fingerprint density at radius 2 is 1.84 bits per heavy atom. The third-order valence-corrected chi connectivity index (χ3v) is 12.1. The van der Waals surface area contributed by atoms with Crippen LogP contribution in [0.3, 0.4) is 0 Å². The number of unbranched alkanes of at least 4 members (excludes halogenated alkanes) is 2. The number of benzene rings is 2. The number of aliphatic hydroxyl groups excluding tert-OH is 2. The van der Waals surface area contributed by atoms with Gasteiger partial charge in [0.05, 0.1) is 50.6 Å². The molecule has 1 saturated heterocycles. The number of halogens is 1. The third kappa shape index (κ3) is 10.6. The van der Waals surface area contributed by atoms with E-state index in [9.17, 15) is 19.8 Å². The Labute approximate surface area is 362 Å². The number of likely N-dealkylation sites (N-methyl/N-ethyl adjacent to an activating group) is 1. The second-order valence-electron chi connectivity index (χ2n) is 15.7. The number of amides is 2. The fourth-order valence-corrected chi connectivity index (χ4v) is 9.28. The summed E-state index contributed by atoms with van der Waals surface area (Å²) >= 11 is 5.95. The van der Waals surface area contributed by atoms with Crippen LogP contribution in [0.15, 0.2) is 65.9 Å². The number of fused-ring (bicyclic) bond motifs is 2. The number of carbonyl (C=O) groups excluding carboxylic acids is 2. The molecule has 0 radical (unpaired) electrons. The lowest BCUT2D eigenvalue weighted by atomic mass is 9.55. The Morgan fingerprint density at radius 1 is 1.05 bits per heavy atom. The Balaban J connectivity index is 1.50. The first-order valence-electron chi connectivity index (χ1n) is 21.2. The van der Waals surface area contributed by atoms with Crippen LogP contribution < -0.4 is 24.3 Å². The summed E-state index contributed by atoms with van der Waals surface area (Å²) in [5, 5.41) is 27.4. The van der Waals surface area contributed by atoms with Crippen molar-refractivity contribution in [1.82, 2.24) is 4.90 Å². The van der Waals surface area contributed by atoms with E-state index < -0.39 is 36.2 Å². The smallest absolute Gasteiger partial charge is 0.417 e. The molecule has 15 nitrogen and oxygen atoms in total. The van der Waals surface area contributed by atoms with E-state index >= 15 is 0 Å². The van der Waals surface area contributed by atoms with E-state index in [0.717, 1.165) is 49.7 Å². The normalized spacial score (nSPS) is 25.8. The molecule has 16 heteroatoms. The van der Waals surface area contributed by atoms with Crippen molar-refractivity contribution in [2.75, 3.05) is 65.5 Å². The van der Waals surface area contributed by atoms with Crippen molar-refractivity contribution in [3.63, 3.8) is 0 Å². The molecule has 2 heterocycles. The van der Waals surface area contributed by atoms with Crippen LogP contribution in [0.25, 0.3) is 0 Å². The number of hydrogen-bond donors (Lipinski definition) is 3. The van der Waals surface area contributed by atoms with Crippen LogP contribution in [-0.2, 0) is 19.0 Å². The molecule has 4 aliphatic rings. The molecule has 0 spiro atoms. The maximum Gasteiger partial charge on any atom is 0.417 e. The van der Waals surface area contributed by atoms with E-state index in [1.807, 2.05) is 6.07 Å². The molecule has 1 saturated carbocycles. The van der Waals surface area contributed by atoms with Crippen molar-refractivity contribution in [3.8, 4) is 23.0 Å². The van der Waals surface area contributed by atoms with Gasteiger partial charge in [-0.1, -0.05) is 30.1 Å². The monoisotopic (exact) mass is 869 g/mol. The van der Waals surface area contributed by atoms with Gasteiger partial charge in [-0.3, -0.25) is 5.32 Å². The van der Waals surface area contributed by atoms with Gasteiger partial charge in [0.2, 0.25) is 12.1 Å². The number of alkyl halides is 1. The van der Waals surface area contributed by atoms with Crippen LogP contribution >= 0.6 is 11.6 Å². The van der Waals surface area contributed by atoms with Gasteiger partial charge in [0, 0.05) is 50.7 Å². The van der Waals surface area contributed by atoms with Crippen LogP contribution in [0.2, 0.25) is 0 Å². The van der Waals surface area contributed by atoms with Gasteiger partial charge in [0.25, 0.3) is 0 Å². The van der Waals surface area contributed by atoms with Gasteiger partial charge in [-0.05, 0) is 86.3 Å². The number of rotatable bonds is 20.